The number of sulfonamides is 1. The summed E-state index contributed by atoms with van der Waals surface area (Å²) in [7, 11) is -2.45. The molecule has 0 saturated carbocycles. The number of halogens is 1. The molecule has 1 fully saturated rings. The summed E-state index contributed by atoms with van der Waals surface area (Å²) in [4.78, 5) is 14.2. The molecule has 0 radical (unpaired) electrons. The van der Waals surface area contributed by atoms with Gasteiger partial charge in [-0.05, 0) is 44.2 Å². The van der Waals surface area contributed by atoms with E-state index in [9.17, 15) is 17.6 Å². The van der Waals surface area contributed by atoms with Crippen LogP contribution in [0.2, 0.25) is 0 Å². The van der Waals surface area contributed by atoms with Crippen LogP contribution in [-0.4, -0.2) is 38.9 Å². The molecule has 1 aliphatic rings. The summed E-state index contributed by atoms with van der Waals surface area (Å²) in [5.41, 5.74) is 2.31. The van der Waals surface area contributed by atoms with E-state index >= 15 is 0 Å². The number of nitrogens with zero attached hydrogens (tertiary/aromatic N) is 1. The predicted octanol–water partition coefficient (Wildman–Crippen LogP) is 2.26. The Labute approximate surface area is 158 Å². The first-order valence-electron chi connectivity index (χ1n) is 8.64. The molecule has 0 spiro atoms. The van der Waals surface area contributed by atoms with E-state index in [0.717, 1.165) is 17.2 Å². The third-order valence-corrected chi connectivity index (χ3v) is 6.05. The van der Waals surface area contributed by atoms with Crippen molar-refractivity contribution in [2.75, 3.05) is 18.9 Å². The van der Waals surface area contributed by atoms with Crippen LogP contribution in [0.25, 0.3) is 0 Å². The van der Waals surface area contributed by atoms with Gasteiger partial charge < -0.3 is 10.2 Å². The number of rotatable bonds is 6. The molecule has 1 amide bonds. The summed E-state index contributed by atoms with van der Waals surface area (Å²) in [6, 6.07) is 11.0. The van der Waals surface area contributed by atoms with Crippen molar-refractivity contribution in [3.8, 4) is 0 Å². The molecule has 2 aromatic carbocycles. The Kier molecular flexibility index (Phi) is 5.48. The zero-order chi connectivity index (χ0) is 19.6. The predicted molar refractivity (Wildman–Crippen MR) is 101 cm³/mol. The Morgan fingerprint density at radius 3 is 2.52 bits per heavy atom. The van der Waals surface area contributed by atoms with Gasteiger partial charge in [0.25, 0.3) is 0 Å². The second-order valence-electron chi connectivity index (χ2n) is 6.58. The Morgan fingerprint density at radius 2 is 1.89 bits per heavy atom. The fraction of sp³-hybridized carbons (Fsp3) is 0.316. The number of nitrogens with one attached hydrogen (secondary N) is 2. The maximum atomic E-state index is 14.3. The SMILES string of the molecule is CNS(=O)(=O)c1ccc(NC2CCN(Cc3ccc(C)cc3)C2=O)c(F)c1. The van der Waals surface area contributed by atoms with Gasteiger partial charge in [-0.1, -0.05) is 29.8 Å². The van der Waals surface area contributed by atoms with E-state index in [4.69, 9.17) is 0 Å². The molecular formula is C19H22FN3O3S. The fourth-order valence-electron chi connectivity index (χ4n) is 3.03. The van der Waals surface area contributed by atoms with E-state index in [2.05, 4.69) is 10.0 Å². The standard InChI is InChI=1S/C19H22FN3O3S/c1-13-3-5-14(6-4-13)12-23-10-9-18(19(23)24)22-17-8-7-15(11-16(17)20)27(25,26)21-2/h3-8,11,18,21-22H,9-10,12H2,1-2H3. The number of carbonyl (C=O) groups excluding carboxylic acids is 1. The van der Waals surface area contributed by atoms with Crippen LogP contribution in [0.1, 0.15) is 17.5 Å². The summed E-state index contributed by atoms with van der Waals surface area (Å²) >= 11 is 0. The molecule has 144 valence electrons. The van der Waals surface area contributed by atoms with E-state index in [1.165, 1.54) is 19.2 Å². The minimum absolute atomic E-state index is 0.0955. The van der Waals surface area contributed by atoms with Crippen LogP contribution >= 0.6 is 0 Å². The first-order chi connectivity index (χ1) is 12.8. The molecule has 27 heavy (non-hydrogen) atoms. The lowest BCUT2D eigenvalue weighted by molar-refractivity contribution is -0.128. The number of anilines is 1. The van der Waals surface area contributed by atoms with E-state index in [1.54, 1.807) is 4.90 Å². The van der Waals surface area contributed by atoms with Crippen molar-refractivity contribution in [1.29, 1.82) is 0 Å². The van der Waals surface area contributed by atoms with E-state index in [0.29, 0.717) is 19.5 Å². The first kappa shape index (κ1) is 19.3. The van der Waals surface area contributed by atoms with Crippen molar-refractivity contribution in [2.24, 2.45) is 0 Å². The van der Waals surface area contributed by atoms with Gasteiger partial charge in [0, 0.05) is 13.1 Å². The summed E-state index contributed by atoms with van der Waals surface area (Å²) in [5.74, 6) is -0.807. The third kappa shape index (κ3) is 4.28. The summed E-state index contributed by atoms with van der Waals surface area (Å²) in [5, 5.41) is 2.90. The molecule has 6 nitrogen and oxygen atoms in total. The number of hydrogen-bond donors (Lipinski definition) is 2. The highest BCUT2D eigenvalue weighted by Gasteiger charge is 2.32. The first-order valence-corrected chi connectivity index (χ1v) is 10.1. The number of aryl methyl sites for hydroxylation is 1. The van der Waals surface area contributed by atoms with Crippen LogP contribution in [-0.2, 0) is 21.4 Å². The van der Waals surface area contributed by atoms with Gasteiger partial charge in [0.2, 0.25) is 15.9 Å². The van der Waals surface area contributed by atoms with E-state index in [-0.39, 0.29) is 16.5 Å². The second-order valence-corrected chi connectivity index (χ2v) is 8.47. The number of benzene rings is 2. The quantitative estimate of drug-likeness (QED) is 0.792. The largest absolute Gasteiger partial charge is 0.371 e. The normalized spacial score (nSPS) is 17.4. The lowest BCUT2D eigenvalue weighted by Crippen LogP contribution is -2.33. The van der Waals surface area contributed by atoms with Crippen molar-refractivity contribution in [1.82, 2.24) is 9.62 Å². The van der Waals surface area contributed by atoms with Crippen LogP contribution in [0, 0.1) is 12.7 Å². The molecule has 1 aliphatic heterocycles. The Balaban J connectivity index is 1.68. The van der Waals surface area contributed by atoms with E-state index < -0.39 is 21.9 Å². The zero-order valence-electron chi connectivity index (χ0n) is 15.2. The summed E-state index contributed by atoms with van der Waals surface area (Å²) in [6.07, 6.45) is 0.556. The van der Waals surface area contributed by atoms with Crippen LogP contribution in [0.3, 0.4) is 0 Å². The number of amides is 1. The van der Waals surface area contributed by atoms with Crippen LogP contribution in [0.4, 0.5) is 10.1 Å². The van der Waals surface area contributed by atoms with Gasteiger partial charge >= 0.3 is 0 Å². The molecule has 2 aromatic rings. The summed E-state index contributed by atoms with van der Waals surface area (Å²) < 4.78 is 39.9. The average Bonchev–Trinajstić information content (AvgIpc) is 2.98. The Hall–Kier alpha value is -2.45. The van der Waals surface area contributed by atoms with Gasteiger partial charge in [0.15, 0.2) is 0 Å². The minimum Gasteiger partial charge on any atom is -0.371 e. The van der Waals surface area contributed by atoms with Gasteiger partial charge in [-0.3, -0.25) is 4.79 Å². The average molecular weight is 391 g/mol. The lowest BCUT2D eigenvalue weighted by Gasteiger charge is -2.18. The monoisotopic (exact) mass is 391 g/mol. The molecule has 0 bridgehead atoms. The highest BCUT2D eigenvalue weighted by molar-refractivity contribution is 7.89. The molecule has 2 N–H and O–H groups in total. The van der Waals surface area contributed by atoms with Crippen molar-refractivity contribution >= 4 is 21.6 Å². The Morgan fingerprint density at radius 1 is 1.19 bits per heavy atom. The minimum atomic E-state index is -3.71. The maximum absolute atomic E-state index is 14.3. The van der Waals surface area contributed by atoms with Crippen LogP contribution in [0.15, 0.2) is 47.4 Å². The second kappa shape index (κ2) is 7.66. The van der Waals surface area contributed by atoms with E-state index in [1.807, 2.05) is 31.2 Å². The molecule has 8 heteroatoms. The van der Waals surface area contributed by atoms with Gasteiger partial charge in [-0.25, -0.2) is 17.5 Å². The van der Waals surface area contributed by atoms with Gasteiger partial charge in [0.1, 0.15) is 11.9 Å². The highest BCUT2D eigenvalue weighted by Crippen LogP contribution is 2.23. The molecule has 1 saturated heterocycles. The summed E-state index contributed by atoms with van der Waals surface area (Å²) in [6.45, 7) is 3.10. The zero-order valence-corrected chi connectivity index (χ0v) is 16.0. The van der Waals surface area contributed by atoms with Gasteiger partial charge in [-0.2, -0.15) is 0 Å². The molecule has 1 heterocycles. The third-order valence-electron chi connectivity index (χ3n) is 4.64. The van der Waals surface area contributed by atoms with Crippen LogP contribution in [0.5, 0.6) is 0 Å². The van der Waals surface area contributed by atoms with Crippen LogP contribution < -0.4 is 10.0 Å². The van der Waals surface area contributed by atoms with Crippen molar-refractivity contribution in [3.63, 3.8) is 0 Å². The molecule has 1 unspecified atom stereocenters. The number of carbonyl (C=O) groups is 1. The molecule has 0 aromatic heterocycles. The van der Waals surface area contributed by atoms with Crippen molar-refractivity contribution in [3.05, 3.63) is 59.4 Å². The lowest BCUT2D eigenvalue weighted by atomic mass is 10.1. The highest BCUT2D eigenvalue weighted by atomic mass is 32.2. The molecule has 3 rings (SSSR count). The number of likely N-dealkylation sites (tertiary alicyclic amines) is 1. The smallest absolute Gasteiger partial charge is 0.245 e. The maximum Gasteiger partial charge on any atom is 0.245 e. The molecule has 0 aliphatic carbocycles. The van der Waals surface area contributed by atoms with Crippen molar-refractivity contribution < 1.29 is 17.6 Å². The molecular weight excluding hydrogens is 369 g/mol. The Bertz CT molecular complexity index is 945. The fourth-order valence-corrected chi connectivity index (χ4v) is 3.77. The van der Waals surface area contributed by atoms with Gasteiger partial charge in [0.05, 0.1) is 10.6 Å². The van der Waals surface area contributed by atoms with Gasteiger partial charge in [-0.15, -0.1) is 0 Å². The molecule has 1 atom stereocenters. The number of hydrogen-bond acceptors (Lipinski definition) is 4. The van der Waals surface area contributed by atoms with Crippen molar-refractivity contribution in [2.45, 2.75) is 30.8 Å². The topological polar surface area (TPSA) is 78.5 Å².